The summed E-state index contributed by atoms with van der Waals surface area (Å²) in [6.07, 6.45) is -1.21. The molecule has 1 aromatic carbocycles. The van der Waals surface area contributed by atoms with Gasteiger partial charge >= 0.3 is 12.2 Å². The van der Waals surface area contributed by atoms with E-state index in [0.29, 0.717) is 11.4 Å². The zero-order valence-electron chi connectivity index (χ0n) is 11.5. The van der Waals surface area contributed by atoms with Gasteiger partial charge in [0.05, 0.1) is 12.8 Å². The molecule has 118 valence electrons. The van der Waals surface area contributed by atoms with Crippen LogP contribution in [-0.2, 0) is 0 Å². The molecule has 0 unspecified atom stereocenters. The van der Waals surface area contributed by atoms with Gasteiger partial charge in [-0.3, -0.25) is 0 Å². The van der Waals surface area contributed by atoms with Crippen molar-refractivity contribution >= 4 is 11.7 Å². The van der Waals surface area contributed by atoms with Crippen molar-refractivity contribution in [1.29, 1.82) is 0 Å². The van der Waals surface area contributed by atoms with Gasteiger partial charge in [0, 0.05) is 30.2 Å². The first-order chi connectivity index (χ1) is 10.4. The van der Waals surface area contributed by atoms with Crippen LogP contribution >= 0.6 is 0 Å². The third kappa shape index (κ3) is 4.40. The summed E-state index contributed by atoms with van der Waals surface area (Å²) in [4.78, 5) is 11.5. The Hall–Kier alpha value is -2.71. The third-order valence-corrected chi connectivity index (χ3v) is 2.60. The number of urea groups is 1. The maximum Gasteiger partial charge on any atom is 0.405 e. The van der Waals surface area contributed by atoms with Crippen LogP contribution < -0.4 is 15.4 Å². The van der Waals surface area contributed by atoms with E-state index in [0.717, 1.165) is 0 Å². The molecule has 0 saturated carbocycles. The molecule has 0 aliphatic heterocycles. The molecule has 22 heavy (non-hydrogen) atoms. The van der Waals surface area contributed by atoms with Crippen LogP contribution in [0.15, 0.2) is 36.7 Å². The molecule has 2 N–H and O–H groups in total. The highest BCUT2D eigenvalue weighted by Gasteiger charge is 2.27. The van der Waals surface area contributed by atoms with Crippen LogP contribution in [0.1, 0.15) is 0 Å². The monoisotopic (exact) mass is 314 g/mol. The number of ether oxygens (including phenoxy) is 1. The van der Waals surface area contributed by atoms with E-state index in [2.05, 4.69) is 10.4 Å². The van der Waals surface area contributed by atoms with Gasteiger partial charge in [-0.15, -0.1) is 0 Å². The van der Waals surface area contributed by atoms with Crippen molar-refractivity contribution < 1.29 is 22.7 Å². The second-order valence-corrected chi connectivity index (χ2v) is 4.29. The van der Waals surface area contributed by atoms with Gasteiger partial charge < -0.3 is 15.4 Å². The highest BCUT2D eigenvalue weighted by molar-refractivity contribution is 5.89. The van der Waals surface area contributed by atoms with Gasteiger partial charge in [-0.25, -0.2) is 9.48 Å². The lowest BCUT2D eigenvalue weighted by Gasteiger charge is -2.12. The highest BCUT2D eigenvalue weighted by Crippen LogP contribution is 2.23. The fourth-order valence-corrected chi connectivity index (χ4v) is 1.68. The molecule has 2 rings (SSSR count). The Balaban J connectivity index is 2.13. The van der Waals surface area contributed by atoms with Gasteiger partial charge in [0.15, 0.2) is 0 Å². The van der Waals surface area contributed by atoms with Gasteiger partial charge in [-0.1, -0.05) is 0 Å². The number of nitrogens with one attached hydrogen (secondary N) is 2. The van der Waals surface area contributed by atoms with E-state index in [1.807, 2.05) is 0 Å². The maximum absolute atomic E-state index is 12.0. The number of benzene rings is 1. The molecular formula is C13H13F3N4O2. The lowest BCUT2D eigenvalue weighted by molar-refractivity contribution is -0.122. The van der Waals surface area contributed by atoms with Crippen molar-refractivity contribution in [2.45, 2.75) is 6.18 Å². The summed E-state index contributed by atoms with van der Waals surface area (Å²) in [7, 11) is 1.44. The van der Waals surface area contributed by atoms with E-state index in [9.17, 15) is 18.0 Å². The summed E-state index contributed by atoms with van der Waals surface area (Å²) in [6, 6.07) is 5.47. The topological polar surface area (TPSA) is 68.2 Å². The van der Waals surface area contributed by atoms with Crippen molar-refractivity contribution in [2.24, 2.45) is 0 Å². The molecule has 0 saturated heterocycles. The first-order valence-electron chi connectivity index (χ1n) is 6.18. The summed E-state index contributed by atoms with van der Waals surface area (Å²) in [6.45, 7) is -1.41. The summed E-state index contributed by atoms with van der Waals surface area (Å²) in [5.41, 5.74) is 0.875. The van der Waals surface area contributed by atoms with Gasteiger partial charge in [0.1, 0.15) is 12.3 Å². The van der Waals surface area contributed by atoms with Crippen molar-refractivity contribution in [3.8, 4) is 11.4 Å². The SMILES string of the molecule is COc1cc(NC(=O)NCC(F)(F)F)cc(-n2cccn2)c1. The normalized spacial score (nSPS) is 11.1. The van der Waals surface area contributed by atoms with Crippen LogP contribution in [0, 0.1) is 0 Å². The molecule has 1 aromatic heterocycles. The Bertz CT molecular complexity index is 641. The van der Waals surface area contributed by atoms with E-state index in [4.69, 9.17) is 4.74 Å². The first-order valence-corrected chi connectivity index (χ1v) is 6.18. The highest BCUT2D eigenvalue weighted by atomic mass is 19.4. The van der Waals surface area contributed by atoms with Crippen LogP contribution in [0.2, 0.25) is 0 Å². The molecule has 1 heterocycles. The number of rotatable bonds is 4. The Morgan fingerprint density at radius 1 is 1.36 bits per heavy atom. The molecule has 0 spiro atoms. The number of anilines is 1. The third-order valence-electron chi connectivity index (χ3n) is 2.60. The molecule has 0 bridgehead atoms. The molecule has 0 fully saturated rings. The lowest BCUT2D eigenvalue weighted by atomic mass is 10.2. The summed E-state index contributed by atoms with van der Waals surface area (Å²) >= 11 is 0. The second-order valence-electron chi connectivity index (χ2n) is 4.29. The fraction of sp³-hybridized carbons (Fsp3) is 0.231. The zero-order chi connectivity index (χ0) is 16.2. The molecule has 0 aliphatic rings. The quantitative estimate of drug-likeness (QED) is 0.911. The van der Waals surface area contributed by atoms with Crippen LogP contribution in [0.25, 0.3) is 5.69 Å². The van der Waals surface area contributed by atoms with Gasteiger partial charge in [-0.2, -0.15) is 18.3 Å². The molecule has 0 radical (unpaired) electrons. The van der Waals surface area contributed by atoms with E-state index >= 15 is 0 Å². The average Bonchev–Trinajstić information content (AvgIpc) is 2.98. The van der Waals surface area contributed by atoms with Gasteiger partial charge in [0.2, 0.25) is 0 Å². The second kappa shape index (κ2) is 6.37. The predicted molar refractivity (Wildman–Crippen MR) is 73.2 cm³/mol. The average molecular weight is 314 g/mol. The molecule has 0 aliphatic carbocycles. The largest absolute Gasteiger partial charge is 0.497 e. The number of alkyl halides is 3. The number of carbonyl (C=O) groups excluding carboxylic acids is 1. The van der Waals surface area contributed by atoms with Crippen LogP contribution in [0.5, 0.6) is 5.75 Å². The first kappa shape index (κ1) is 15.7. The van der Waals surface area contributed by atoms with E-state index in [-0.39, 0.29) is 5.69 Å². The summed E-state index contributed by atoms with van der Waals surface area (Å²) < 4.78 is 42.8. The predicted octanol–water partition coefficient (Wildman–Crippen LogP) is 2.56. The minimum Gasteiger partial charge on any atom is -0.497 e. The van der Waals surface area contributed by atoms with Crippen molar-refractivity contribution in [1.82, 2.24) is 15.1 Å². The fourth-order valence-electron chi connectivity index (χ4n) is 1.68. The minimum absolute atomic E-state index is 0.282. The standard InChI is InChI=1S/C13H13F3N4O2/c1-22-11-6-9(19-12(21)17-8-13(14,15)16)5-10(7-11)20-4-2-3-18-20/h2-7H,8H2,1H3,(H2,17,19,21). The van der Waals surface area contributed by atoms with E-state index < -0.39 is 18.8 Å². The molecular weight excluding hydrogens is 301 g/mol. The number of carbonyl (C=O) groups is 1. The molecule has 6 nitrogen and oxygen atoms in total. The number of aromatic nitrogens is 2. The van der Waals surface area contributed by atoms with Crippen molar-refractivity contribution in [3.05, 3.63) is 36.7 Å². The number of amides is 2. The number of halogens is 3. The minimum atomic E-state index is -4.47. The molecule has 2 amide bonds. The van der Waals surface area contributed by atoms with Crippen molar-refractivity contribution in [2.75, 3.05) is 19.0 Å². The lowest BCUT2D eigenvalue weighted by Crippen LogP contribution is -2.36. The van der Waals surface area contributed by atoms with Crippen molar-refractivity contribution in [3.63, 3.8) is 0 Å². The number of methoxy groups -OCH3 is 1. The van der Waals surface area contributed by atoms with Gasteiger partial charge in [0.25, 0.3) is 0 Å². The van der Waals surface area contributed by atoms with Crippen LogP contribution in [0.4, 0.5) is 23.7 Å². The Morgan fingerprint density at radius 2 is 2.14 bits per heavy atom. The molecule has 2 aromatic rings. The Labute approximate surface area is 123 Å². The number of hydrogen-bond acceptors (Lipinski definition) is 3. The van der Waals surface area contributed by atoms with E-state index in [1.54, 1.807) is 35.9 Å². The number of nitrogens with zero attached hydrogens (tertiary/aromatic N) is 2. The summed E-state index contributed by atoms with van der Waals surface area (Å²) in [5.74, 6) is 0.430. The van der Waals surface area contributed by atoms with Crippen LogP contribution in [-0.4, -0.2) is 35.6 Å². The van der Waals surface area contributed by atoms with Crippen LogP contribution in [0.3, 0.4) is 0 Å². The molecule has 9 heteroatoms. The number of hydrogen-bond donors (Lipinski definition) is 2. The Morgan fingerprint density at radius 3 is 2.73 bits per heavy atom. The maximum atomic E-state index is 12.0. The van der Waals surface area contributed by atoms with Gasteiger partial charge in [-0.05, 0) is 12.1 Å². The van der Waals surface area contributed by atoms with E-state index in [1.165, 1.54) is 17.9 Å². The summed E-state index contributed by atoms with van der Waals surface area (Å²) in [5, 5.41) is 8.08. The zero-order valence-corrected chi connectivity index (χ0v) is 11.5. The smallest absolute Gasteiger partial charge is 0.405 e. The Kier molecular flexibility index (Phi) is 4.54. The molecule has 0 atom stereocenters.